The van der Waals surface area contributed by atoms with E-state index in [9.17, 15) is 18.4 Å². The number of hydrogen-bond donors (Lipinski definition) is 0. The Balaban J connectivity index is 1.85. The first kappa shape index (κ1) is 18.5. The van der Waals surface area contributed by atoms with Crippen LogP contribution in [0.1, 0.15) is 16.1 Å². The lowest BCUT2D eigenvalue weighted by atomic mass is 10.1. The first-order chi connectivity index (χ1) is 12.9. The van der Waals surface area contributed by atoms with Gasteiger partial charge in [-0.15, -0.1) is 0 Å². The van der Waals surface area contributed by atoms with Gasteiger partial charge in [0.15, 0.2) is 5.69 Å². The zero-order chi connectivity index (χ0) is 19.6. The molecule has 0 aliphatic carbocycles. The van der Waals surface area contributed by atoms with Crippen molar-refractivity contribution in [2.45, 2.75) is 13.2 Å². The van der Waals surface area contributed by atoms with Crippen molar-refractivity contribution < 1.29 is 18.3 Å². The quantitative estimate of drug-likeness (QED) is 0.690. The topological polar surface area (TPSA) is 64.4 Å². The average molecular weight is 373 g/mol. The van der Waals surface area contributed by atoms with Crippen LogP contribution in [-0.2, 0) is 13.6 Å². The van der Waals surface area contributed by atoms with Gasteiger partial charge in [-0.05, 0) is 23.8 Å². The van der Waals surface area contributed by atoms with Gasteiger partial charge < -0.3 is 9.64 Å². The molecule has 0 atom stereocenters. The number of benzene rings is 2. The van der Waals surface area contributed by atoms with E-state index in [-0.39, 0.29) is 29.5 Å². The molecule has 0 aliphatic heterocycles. The van der Waals surface area contributed by atoms with E-state index in [4.69, 9.17) is 0 Å². The number of aromatic nitrogens is 2. The summed E-state index contributed by atoms with van der Waals surface area (Å²) in [6.07, 6.45) is 0. The average Bonchev–Trinajstić information content (AvgIpc) is 2.65. The number of rotatable bonds is 5. The Morgan fingerprint density at radius 1 is 1.15 bits per heavy atom. The van der Waals surface area contributed by atoms with E-state index in [1.807, 2.05) is 0 Å². The summed E-state index contributed by atoms with van der Waals surface area (Å²) in [5.41, 5.74) is 0.633. The van der Waals surface area contributed by atoms with Crippen molar-refractivity contribution >= 4 is 16.7 Å². The first-order valence-electron chi connectivity index (χ1n) is 8.12. The third-order valence-electron chi connectivity index (χ3n) is 4.07. The van der Waals surface area contributed by atoms with Crippen molar-refractivity contribution in [2.75, 3.05) is 7.05 Å². The Morgan fingerprint density at radius 3 is 2.41 bits per heavy atom. The normalized spacial score (nSPS) is 11.0. The van der Waals surface area contributed by atoms with E-state index < -0.39 is 6.61 Å². The summed E-state index contributed by atoms with van der Waals surface area (Å²) in [5.74, 6) is -0.303. The van der Waals surface area contributed by atoms with E-state index in [1.54, 1.807) is 43.4 Å². The third-order valence-corrected chi connectivity index (χ3v) is 4.07. The highest BCUT2D eigenvalue weighted by Gasteiger charge is 2.19. The molecule has 3 aromatic rings. The molecular weight excluding hydrogens is 356 g/mol. The van der Waals surface area contributed by atoms with Crippen molar-refractivity contribution in [3.8, 4) is 5.75 Å². The van der Waals surface area contributed by atoms with Gasteiger partial charge in [-0.1, -0.05) is 30.3 Å². The number of fused-ring (bicyclic) bond motifs is 1. The largest absolute Gasteiger partial charge is 0.435 e. The molecule has 140 valence electrons. The van der Waals surface area contributed by atoms with E-state index in [1.165, 1.54) is 24.1 Å². The molecule has 0 fully saturated rings. The fraction of sp³-hybridized carbons (Fsp3) is 0.211. The summed E-state index contributed by atoms with van der Waals surface area (Å²) >= 11 is 0. The number of amides is 1. The van der Waals surface area contributed by atoms with Crippen LogP contribution in [0.25, 0.3) is 10.8 Å². The van der Waals surface area contributed by atoms with E-state index in [0.717, 1.165) is 10.2 Å². The molecule has 6 nitrogen and oxygen atoms in total. The minimum atomic E-state index is -2.89. The number of carbonyl (C=O) groups is 1. The number of alkyl halides is 2. The fourth-order valence-corrected chi connectivity index (χ4v) is 2.76. The molecule has 1 amide bonds. The van der Waals surface area contributed by atoms with Gasteiger partial charge in [-0.2, -0.15) is 13.9 Å². The van der Waals surface area contributed by atoms with Gasteiger partial charge in [0, 0.05) is 26.0 Å². The van der Waals surface area contributed by atoms with Crippen LogP contribution in [-0.4, -0.2) is 34.2 Å². The monoisotopic (exact) mass is 373 g/mol. The van der Waals surface area contributed by atoms with Gasteiger partial charge in [0.1, 0.15) is 5.75 Å². The van der Waals surface area contributed by atoms with Gasteiger partial charge in [-0.3, -0.25) is 9.59 Å². The predicted molar refractivity (Wildman–Crippen MR) is 95.9 cm³/mol. The highest BCUT2D eigenvalue weighted by Crippen LogP contribution is 2.18. The van der Waals surface area contributed by atoms with Gasteiger partial charge in [0.25, 0.3) is 11.5 Å². The SMILES string of the molecule is CN(Cc1ccc(OC(F)F)cc1)C(=O)c1nn(C)c(=O)c2ccccc12. The molecule has 1 aromatic heterocycles. The second-order valence-electron chi connectivity index (χ2n) is 6.01. The Hall–Kier alpha value is -3.29. The standard InChI is InChI=1S/C19H17F2N3O3/c1-23(11-12-7-9-13(10-8-12)27-19(20)21)18(26)16-14-5-3-4-6-15(14)17(25)24(2)22-16/h3-10,19H,11H2,1-2H3. The summed E-state index contributed by atoms with van der Waals surface area (Å²) < 4.78 is 29.9. The second-order valence-corrected chi connectivity index (χ2v) is 6.01. The molecular formula is C19H17F2N3O3. The van der Waals surface area contributed by atoms with Gasteiger partial charge in [0.05, 0.1) is 5.39 Å². The molecule has 0 unspecified atom stereocenters. The summed E-state index contributed by atoms with van der Waals surface area (Å²) in [6, 6.07) is 12.8. The van der Waals surface area contributed by atoms with Crippen LogP contribution in [0.2, 0.25) is 0 Å². The minimum absolute atomic E-state index is 0.0495. The Bertz CT molecular complexity index is 1030. The Morgan fingerprint density at radius 2 is 1.78 bits per heavy atom. The predicted octanol–water partition coefficient (Wildman–Crippen LogP) is 2.81. The lowest BCUT2D eigenvalue weighted by Gasteiger charge is -2.18. The fourth-order valence-electron chi connectivity index (χ4n) is 2.76. The summed E-state index contributed by atoms with van der Waals surface area (Å²) in [4.78, 5) is 26.5. The van der Waals surface area contributed by atoms with Gasteiger partial charge in [-0.25, -0.2) is 4.68 Å². The van der Waals surface area contributed by atoms with E-state index >= 15 is 0 Å². The Kier molecular flexibility index (Phi) is 5.16. The van der Waals surface area contributed by atoms with Gasteiger partial charge >= 0.3 is 6.61 Å². The zero-order valence-corrected chi connectivity index (χ0v) is 14.7. The molecule has 0 radical (unpaired) electrons. The molecule has 2 aromatic carbocycles. The number of aryl methyl sites for hydroxylation is 1. The van der Waals surface area contributed by atoms with Crippen LogP contribution in [0.3, 0.4) is 0 Å². The summed E-state index contributed by atoms with van der Waals surface area (Å²) in [5, 5.41) is 5.02. The number of nitrogens with zero attached hydrogens (tertiary/aromatic N) is 3. The molecule has 0 N–H and O–H groups in total. The van der Waals surface area contributed by atoms with Crippen LogP contribution in [0.15, 0.2) is 53.3 Å². The van der Waals surface area contributed by atoms with Crippen LogP contribution in [0.4, 0.5) is 8.78 Å². The number of halogens is 2. The molecule has 0 saturated heterocycles. The summed E-state index contributed by atoms with van der Waals surface area (Å²) in [6.45, 7) is -2.64. The molecule has 0 aliphatic rings. The lowest BCUT2D eigenvalue weighted by Crippen LogP contribution is -2.30. The Labute approximate surface area is 153 Å². The zero-order valence-electron chi connectivity index (χ0n) is 14.7. The molecule has 0 saturated carbocycles. The molecule has 0 bridgehead atoms. The van der Waals surface area contributed by atoms with E-state index in [2.05, 4.69) is 9.84 Å². The van der Waals surface area contributed by atoms with Crippen molar-refractivity contribution in [3.63, 3.8) is 0 Å². The lowest BCUT2D eigenvalue weighted by molar-refractivity contribution is -0.0498. The maximum atomic E-state index is 12.9. The molecule has 27 heavy (non-hydrogen) atoms. The highest BCUT2D eigenvalue weighted by atomic mass is 19.3. The third kappa shape index (κ3) is 3.94. The van der Waals surface area contributed by atoms with Crippen LogP contribution >= 0.6 is 0 Å². The van der Waals surface area contributed by atoms with Gasteiger partial charge in [0.2, 0.25) is 0 Å². The molecule has 0 spiro atoms. The molecule has 8 heteroatoms. The van der Waals surface area contributed by atoms with Crippen molar-refractivity contribution in [2.24, 2.45) is 7.05 Å². The number of hydrogen-bond acceptors (Lipinski definition) is 4. The van der Waals surface area contributed by atoms with E-state index in [0.29, 0.717) is 10.8 Å². The first-order valence-corrected chi connectivity index (χ1v) is 8.12. The molecule has 3 rings (SSSR count). The number of ether oxygens (including phenoxy) is 1. The number of carbonyl (C=O) groups excluding carboxylic acids is 1. The van der Waals surface area contributed by atoms with Crippen LogP contribution in [0, 0.1) is 0 Å². The van der Waals surface area contributed by atoms with Crippen LogP contribution in [0.5, 0.6) is 5.75 Å². The smallest absolute Gasteiger partial charge is 0.387 e. The van der Waals surface area contributed by atoms with Crippen molar-refractivity contribution in [1.82, 2.24) is 14.7 Å². The minimum Gasteiger partial charge on any atom is -0.435 e. The maximum absolute atomic E-state index is 12.9. The summed E-state index contributed by atoms with van der Waals surface area (Å²) in [7, 11) is 3.10. The maximum Gasteiger partial charge on any atom is 0.387 e. The van der Waals surface area contributed by atoms with Crippen molar-refractivity contribution in [3.05, 3.63) is 70.1 Å². The highest BCUT2D eigenvalue weighted by molar-refractivity contribution is 6.04. The second kappa shape index (κ2) is 7.53. The molecule has 1 heterocycles. The van der Waals surface area contributed by atoms with Crippen molar-refractivity contribution in [1.29, 1.82) is 0 Å². The van der Waals surface area contributed by atoms with Crippen LogP contribution < -0.4 is 10.3 Å².